The predicted molar refractivity (Wildman–Crippen MR) is 160 cm³/mol. The Hall–Kier alpha value is -4.87. The van der Waals surface area contributed by atoms with Crippen LogP contribution in [0.5, 0.6) is 0 Å². The van der Waals surface area contributed by atoms with E-state index in [0.29, 0.717) is 12.0 Å². The van der Waals surface area contributed by atoms with E-state index in [2.05, 4.69) is 15.1 Å². The molecule has 0 spiro atoms. The molecule has 3 aromatic rings. The van der Waals surface area contributed by atoms with Crippen LogP contribution in [0.2, 0.25) is 0 Å². The number of likely N-dealkylation sites (N-methyl/N-ethyl adjacent to an activating group) is 1. The minimum atomic E-state index is -4.73. The number of alkyl halides is 3. The molecule has 2 aromatic carbocycles. The molecule has 0 saturated carbocycles. The lowest BCUT2D eigenvalue weighted by Gasteiger charge is -2.27. The first-order valence-electron chi connectivity index (χ1n) is 14.3. The molecule has 1 unspecified atom stereocenters. The van der Waals surface area contributed by atoms with Crippen molar-refractivity contribution in [2.24, 2.45) is 11.2 Å². The molecule has 0 radical (unpaired) electrons. The predicted octanol–water partition coefficient (Wildman–Crippen LogP) is 5.35. The molecule has 0 aliphatic carbocycles. The van der Waals surface area contributed by atoms with Crippen molar-refractivity contribution in [3.63, 3.8) is 0 Å². The largest absolute Gasteiger partial charge is 0.569 e. The van der Waals surface area contributed by atoms with E-state index in [9.17, 15) is 36.4 Å². The van der Waals surface area contributed by atoms with Gasteiger partial charge >= 0.3 is 12.3 Å². The highest BCUT2D eigenvalue weighted by Crippen LogP contribution is 2.33. The average Bonchev–Trinajstić information content (AvgIpc) is 3.46. The first-order chi connectivity index (χ1) is 22.0. The number of hydrogen-bond acceptors (Lipinski definition) is 10. The van der Waals surface area contributed by atoms with Crippen LogP contribution < -0.4 is 4.72 Å². The Morgan fingerprint density at radius 2 is 1.72 bits per heavy atom. The quantitative estimate of drug-likeness (QED) is 0.0815. The second kappa shape index (κ2) is 15.1. The van der Waals surface area contributed by atoms with E-state index in [1.54, 1.807) is 45.0 Å². The van der Waals surface area contributed by atoms with Crippen molar-refractivity contribution in [1.29, 1.82) is 0 Å². The molecule has 1 heterocycles. The number of rotatable bonds is 13. The number of aromatic nitrogens is 2. The number of carbonyl (C=O) groups is 2. The number of sulfonamides is 1. The van der Waals surface area contributed by atoms with Crippen molar-refractivity contribution in [1.82, 2.24) is 19.5 Å². The highest BCUT2D eigenvalue weighted by molar-refractivity contribution is 7.90. The lowest BCUT2D eigenvalue weighted by Crippen LogP contribution is -2.52. The molecule has 0 fully saturated rings. The molecule has 1 amide bonds. The van der Waals surface area contributed by atoms with Crippen molar-refractivity contribution in [3.05, 3.63) is 71.1 Å². The number of carbonyl (C=O) groups excluding carboxylic acids is 2. The Morgan fingerprint density at radius 3 is 2.28 bits per heavy atom. The lowest BCUT2D eigenvalue weighted by molar-refractivity contribution is -0.713. The fraction of sp³-hybridized carbons (Fsp3) is 0.414. The fourth-order valence-corrected chi connectivity index (χ4v) is 5.26. The van der Waals surface area contributed by atoms with Crippen LogP contribution in [0.3, 0.4) is 0 Å². The first kappa shape index (κ1) is 36.6. The smallest absolute Gasteiger partial charge is 0.511 e. The number of benzene rings is 2. The minimum absolute atomic E-state index is 0.0416. The minimum Gasteiger partial charge on any atom is -0.569 e. The third-order valence-electron chi connectivity index (χ3n) is 6.89. The van der Waals surface area contributed by atoms with Gasteiger partial charge in [-0.2, -0.15) is 18.3 Å². The fourth-order valence-electron chi connectivity index (χ4n) is 4.26. The Balaban J connectivity index is 1.84. The van der Waals surface area contributed by atoms with Crippen LogP contribution in [0, 0.1) is 18.0 Å². The van der Waals surface area contributed by atoms with Gasteiger partial charge in [0.15, 0.2) is 11.7 Å². The van der Waals surface area contributed by atoms with Gasteiger partial charge in [0.25, 0.3) is 22.2 Å². The highest BCUT2D eigenvalue weighted by Gasteiger charge is 2.37. The van der Waals surface area contributed by atoms with Crippen LogP contribution in [0.25, 0.3) is 16.9 Å². The highest BCUT2D eigenvalue weighted by atomic mass is 32.2. The van der Waals surface area contributed by atoms with Crippen molar-refractivity contribution in [2.45, 2.75) is 64.4 Å². The molecule has 14 nitrogen and oxygen atoms in total. The topological polar surface area (TPSA) is 167 Å². The number of halogens is 3. The Kier molecular flexibility index (Phi) is 11.8. The van der Waals surface area contributed by atoms with E-state index >= 15 is 0 Å². The maximum absolute atomic E-state index is 13.6. The lowest BCUT2D eigenvalue weighted by atomic mass is 9.98. The number of aryl methyl sites for hydroxylation is 1. The summed E-state index contributed by atoms with van der Waals surface area (Å²) in [5.74, 6) is -1.64. The van der Waals surface area contributed by atoms with Gasteiger partial charge in [-0.1, -0.05) is 50.1 Å². The van der Waals surface area contributed by atoms with Crippen LogP contribution in [0.1, 0.15) is 45.4 Å². The van der Waals surface area contributed by atoms with Gasteiger partial charge in [-0.25, -0.2) is 22.6 Å². The van der Waals surface area contributed by atoms with Gasteiger partial charge in [0.2, 0.25) is 5.28 Å². The van der Waals surface area contributed by atoms with Crippen molar-refractivity contribution in [2.75, 3.05) is 13.7 Å². The van der Waals surface area contributed by atoms with Crippen molar-refractivity contribution < 1.29 is 50.5 Å². The number of amides is 1. The summed E-state index contributed by atoms with van der Waals surface area (Å²) in [7, 11) is -3.34. The Labute approximate surface area is 269 Å². The molecule has 0 bridgehead atoms. The average molecular weight is 685 g/mol. The van der Waals surface area contributed by atoms with E-state index in [1.807, 2.05) is 11.6 Å². The van der Waals surface area contributed by atoms with E-state index in [4.69, 9.17) is 9.57 Å². The van der Waals surface area contributed by atoms with E-state index in [1.165, 1.54) is 26.1 Å². The van der Waals surface area contributed by atoms with E-state index in [-0.39, 0.29) is 27.9 Å². The molecule has 3 rings (SSSR count). The number of hydrazine groups is 1. The Morgan fingerprint density at radius 1 is 1.11 bits per heavy atom. The molecular formula is C29H35F3N6O8S. The van der Waals surface area contributed by atoms with Crippen LogP contribution in [0.4, 0.5) is 18.0 Å². The van der Waals surface area contributed by atoms with Gasteiger partial charge in [0.05, 0.1) is 34.9 Å². The molecule has 0 aliphatic heterocycles. The van der Waals surface area contributed by atoms with Crippen LogP contribution >= 0.6 is 0 Å². The maximum atomic E-state index is 13.6. The molecule has 47 heavy (non-hydrogen) atoms. The van der Waals surface area contributed by atoms with Crippen molar-refractivity contribution >= 4 is 22.1 Å². The normalized spacial score (nSPS) is 14.1. The van der Waals surface area contributed by atoms with Gasteiger partial charge < -0.3 is 14.7 Å². The van der Waals surface area contributed by atoms with E-state index in [0.717, 1.165) is 33.5 Å². The van der Waals surface area contributed by atoms with Gasteiger partial charge in [-0.3, -0.25) is 9.63 Å². The molecule has 1 N–H and O–H groups in total. The summed E-state index contributed by atoms with van der Waals surface area (Å²) in [5, 5.41) is 20.4. The van der Waals surface area contributed by atoms with Gasteiger partial charge in [0, 0.05) is 12.5 Å². The zero-order chi connectivity index (χ0) is 35.1. The SMILES string of the molecule is CCOC(=O)OC(C)O/N=[N+](\[O-])N(C)[C@H](C(=O)NS(=O)(=O)c1ccc(-n2nc(C(F)(F)F)cc2-c2ccc(C)cc2)cc1)[C@H](C)CC. The van der Waals surface area contributed by atoms with Gasteiger partial charge in [0.1, 0.15) is 0 Å². The standard InChI is InChI=1S/C29H35F3N6O8S/c1-7-19(4)26(36(6)38(41)35-46-20(5)45-28(40)44-8-2)27(39)34-47(42,43)23-15-13-22(14-16-23)37-24(17-25(33-37)29(30,31)32)21-11-9-18(3)10-12-21/h9-17,19-20,26H,7-8H2,1-6H3,(H,34,39)/b38-35-/t19-,20?,26+/m1/s1. The first-order valence-corrected chi connectivity index (χ1v) is 15.8. The summed E-state index contributed by atoms with van der Waals surface area (Å²) in [6.07, 6.45) is -6.77. The molecule has 0 saturated heterocycles. The van der Waals surface area contributed by atoms with Crippen LogP contribution in [0.15, 0.2) is 64.8 Å². The third kappa shape index (κ3) is 9.34. The zero-order valence-corrected chi connectivity index (χ0v) is 27.2. The zero-order valence-electron chi connectivity index (χ0n) is 26.4. The molecule has 18 heteroatoms. The summed E-state index contributed by atoms with van der Waals surface area (Å²) in [5.41, 5.74) is 0.466. The number of hydrogen-bond donors (Lipinski definition) is 1. The summed E-state index contributed by atoms with van der Waals surface area (Å²) in [4.78, 5) is 29.0. The monoisotopic (exact) mass is 684 g/mol. The van der Waals surface area contributed by atoms with Gasteiger partial charge in [-0.15, -0.1) is 5.01 Å². The summed E-state index contributed by atoms with van der Waals surface area (Å²) < 4.78 is 79.4. The number of ether oxygens (including phenoxy) is 2. The molecular weight excluding hydrogens is 649 g/mol. The van der Waals surface area contributed by atoms with Crippen molar-refractivity contribution in [3.8, 4) is 16.9 Å². The van der Waals surface area contributed by atoms with E-state index < -0.39 is 52.2 Å². The Bertz CT molecular complexity index is 1680. The second-order valence-electron chi connectivity index (χ2n) is 10.4. The second-order valence-corrected chi connectivity index (χ2v) is 12.0. The number of nitrogens with one attached hydrogen (secondary N) is 1. The number of nitrogens with zero attached hydrogens (tertiary/aromatic N) is 5. The van der Waals surface area contributed by atoms with Crippen LogP contribution in [-0.2, 0) is 35.3 Å². The summed E-state index contributed by atoms with van der Waals surface area (Å²) >= 11 is 0. The summed E-state index contributed by atoms with van der Waals surface area (Å²) in [6.45, 7) is 8.01. The molecule has 256 valence electrons. The molecule has 0 aliphatic rings. The maximum Gasteiger partial charge on any atom is 0.511 e. The summed E-state index contributed by atoms with van der Waals surface area (Å²) in [6, 6.07) is 11.0. The molecule has 3 atom stereocenters. The van der Waals surface area contributed by atoms with Crippen LogP contribution in [-0.4, -0.2) is 66.2 Å². The third-order valence-corrected chi connectivity index (χ3v) is 8.25. The van der Waals surface area contributed by atoms with Gasteiger partial charge in [-0.05, 0) is 50.1 Å². The molecule has 1 aromatic heterocycles.